The lowest BCUT2D eigenvalue weighted by atomic mass is 10.0. The molecule has 1 aliphatic rings. The predicted molar refractivity (Wildman–Crippen MR) is 142 cm³/mol. The maximum Gasteiger partial charge on any atom is 0.267 e. The molecule has 0 fully saturated rings. The normalized spacial score (nSPS) is 12.6. The lowest BCUT2D eigenvalue weighted by molar-refractivity contribution is 0.103. The first-order valence-electron chi connectivity index (χ1n) is 11.4. The highest BCUT2D eigenvalue weighted by molar-refractivity contribution is 7.21. The van der Waals surface area contributed by atoms with Crippen LogP contribution in [-0.2, 0) is 6.42 Å². The van der Waals surface area contributed by atoms with Crippen LogP contribution >= 0.6 is 22.7 Å². The van der Waals surface area contributed by atoms with Crippen molar-refractivity contribution < 1.29 is 14.3 Å². The van der Waals surface area contributed by atoms with Crippen LogP contribution in [0.5, 0.6) is 11.5 Å². The molecule has 0 spiro atoms. The highest BCUT2D eigenvalue weighted by atomic mass is 32.1. The molecule has 35 heavy (non-hydrogen) atoms. The number of thiazole rings is 1. The van der Waals surface area contributed by atoms with E-state index in [0.717, 1.165) is 43.3 Å². The zero-order chi connectivity index (χ0) is 23.8. The summed E-state index contributed by atoms with van der Waals surface area (Å²) in [7, 11) is 0. The minimum absolute atomic E-state index is 0.128. The van der Waals surface area contributed by atoms with Gasteiger partial charge in [0.2, 0.25) is 0 Å². The van der Waals surface area contributed by atoms with E-state index in [0.29, 0.717) is 24.8 Å². The molecule has 5 aromatic rings. The Kier molecular flexibility index (Phi) is 5.72. The zero-order valence-electron chi connectivity index (χ0n) is 19.0. The van der Waals surface area contributed by atoms with Crippen LogP contribution in [0.25, 0.3) is 21.3 Å². The SMILES string of the molecule is Cc1ccc(Cc2c(C(=O)Nc3nc(-c4ccc5c(c4)OCCO5)cs3)sc3ccccc23)cc1. The molecule has 0 saturated carbocycles. The van der Waals surface area contributed by atoms with Crippen LogP contribution in [0.1, 0.15) is 26.4 Å². The van der Waals surface area contributed by atoms with Gasteiger partial charge >= 0.3 is 0 Å². The maximum atomic E-state index is 13.4. The highest BCUT2D eigenvalue weighted by Gasteiger charge is 2.20. The van der Waals surface area contributed by atoms with Crippen molar-refractivity contribution in [3.05, 3.63) is 93.7 Å². The van der Waals surface area contributed by atoms with Gasteiger partial charge in [0.25, 0.3) is 5.91 Å². The number of fused-ring (bicyclic) bond motifs is 2. The summed E-state index contributed by atoms with van der Waals surface area (Å²) < 4.78 is 12.4. The number of hydrogen-bond acceptors (Lipinski definition) is 6. The van der Waals surface area contributed by atoms with E-state index in [2.05, 4.69) is 53.6 Å². The van der Waals surface area contributed by atoms with Crippen LogP contribution in [0.15, 0.2) is 72.1 Å². The molecule has 0 radical (unpaired) electrons. The van der Waals surface area contributed by atoms with E-state index in [1.54, 1.807) is 0 Å². The Morgan fingerprint density at radius 2 is 1.80 bits per heavy atom. The first kappa shape index (κ1) is 21.8. The molecule has 0 saturated heterocycles. The van der Waals surface area contributed by atoms with Crippen LogP contribution in [0.2, 0.25) is 0 Å². The summed E-state index contributed by atoms with van der Waals surface area (Å²) in [6.45, 7) is 3.17. The van der Waals surface area contributed by atoms with Crippen molar-refractivity contribution in [3.63, 3.8) is 0 Å². The van der Waals surface area contributed by atoms with Gasteiger partial charge in [-0.15, -0.1) is 22.7 Å². The second kappa shape index (κ2) is 9.17. The molecule has 3 heterocycles. The van der Waals surface area contributed by atoms with Crippen molar-refractivity contribution in [1.29, 1.82) is 0 Å². The molecular formula is C28H22N2O3S2. The van der Waals surface area contributed by atoms with E-state index < -0.39 is 0 Å². The smallest absolute Gasteiger partial charge is 0.267 e. The van der Waals surface area contributed by atoms with Crippen molar-refractivity contribution >= 4 is 43.8 Å². The third-order valence-electron chi connectivity index (χ3n) is 5.97. The van der Waals surface area contributed by atoms with Gasteiger partial charge in [0.1, 0.15) is 13.2 Å². The number of benzene rings is 3. The van der Waals surface area contributed by atoms with Crippen molar-refractivity contribution in [1.82, 2.24) is 4.98 Å². The fourth-order valence-electron chi connectivity index (χ4n) is 4.19. The van der Waals surface area contributed by atoms with Crippen molar-refractivity contribution in [3.8, 4) is 22.8 Å². The summed E-state index contributed by atoms with van der Waals surface area (Å²) in [6, 6.07) is 22.5. The number of aromatic nitrogens is 1. The van der Waals surface area contributed by atoms with Gasteiger partial charge in [-0.3, -0.25) is 10.1 Å². The van der Waals surface area contributed by atoms with Gasteiger partial charge in [-0.1, -0.05) is 48.0 Å². The molecule has 3 aromatic carbocycles. The van der Waals surface area contributed by atoms with Crippen LogP contribution in [0, 0.1) is 6.92 Å². The quantitative estimate of drug-likeness (QED) is 0.285. The van der Waals surface area contributed by atoms with Crippen LogP contribution in [0.3, 0.4) is 0 Å². The second-order valence-corrected chi connectivity index (χ2v) is 10.3. The van der Waals surface area contributed by atoms with Gasteiger partial charge in [0.15, 0.2) is 16.6 Å². The number of carbonyl (C=O) groups is 1. The molecule has 1 aliphatic heterocycles. The lowest BCUT2D eigenvalue weighted by Gasteiger charge is -2.18. The Hall–Kier alpha value is -3.68. The number of nitrogens with one attached hydrogen (secondary N) is 1. The molecule has 7 heteroatoms. The van der Waals surface area contributed by atoms with E-state index in [4.69, 9.17) is 9.47 Å². The summed E-state index contributed by atoms with van der Waals surface area (Å²) in [5.41, 5.74) is 5.17. The summed E-state index contributed by atoms with van der Waals surface area (Å²) in [6.07, 6.45) is 0.702. The van der Waals surface area contributed by atoms with Crippen LogP contribution in [0.4, 0.5) is 5.13 Å². The number of thiophene rings is 1. The molecule has 5 nitrogen and oxygen atoms in total. The Morgan fingerprint density at radius 1 is 1.00 bits per heavy atom. The molecule has 2 aromatic heterocycles. The number of aryl methyl sites for hydroxylation is 1. The number of nitrogens with zero attached hydrogens (tertiary/aromatic N) is 1. The molecule has 0 aliphatic carbocycles. The topological polar surface area (TPSA) is 60.5 Å². The summed E-state index contributed by atoms with van der Waals surface area (Å²) >= 11 is 2.94. The van der Waals surface area contributed by atoms with Crippen LogP contribution < -0.4 is 14.8 Å². The largest absolute Gasteiger partial charge is 0.486 e. The van der Waals surface area contributed by atoms with Gasteiger partial charge in [-0.05, 0) is 54.1 Å². The Morgan fingerprint density at radius 3 is 2.66 bits per heavy atom. The van der Waals surface area contributed by atoms with Gasteiger partial charge < -0.3 is 9.47 Å². The highest BCUT2D eigenvalue weighted by Crippen LogP contribution is 2.36. The molecule has 174 valence electrons. The standard InChI is InChI=1S/C28H22N2O3S2/c1-17-6-8-18(9-7-17)14-21-20-4-2-3-5-25(20)35-26(21)27(31)30-28-29-22(16-34-28)19-10-11-23-24(15-19)33-13-12-32-23/h2-11,15-16H,12-14H2,1H3,(H,29,30,31). The van der Waals surface area contributed by atoms with Gasteiger partial charge in [-0.25, -0.2) is 4.98 Å². The third-order valence-corrected chi connectivity index (χ3v) is 7.94. The first-order valence-corrected chi connectivity index (χ1v) is 13.1. The number of ether oxygens (including phenoxy) is 2. The molecule has 1 N–H and O–H groups in total. The second-order valence-electron chi connectivity index (χ2n) is 8.42. The molecule has 1 amide bonds. The first-order chi connectivity index (χ1) is 17.1. The summed E-state index contributed by atoms with van der Waals surface area (Å²) in [5, 5.41) is 6.67. The average molecular weight is 499 g/mol. The monoisotopic (exact) mass is 498 g/mol. The fourth-order valence-corrected chi connectivity index (χ4v) is 6.02. The van der Waals surface area contributed by atoms with Gasteiger partial charge in [0.05, 0.1) is 10.6 Å². The predicted octanol–water partition coefficient (Wildman–Crippen LogP) is 6.95. The number of rotatable bonds is 5. The van der Waals surface area contributed by atoms with E-state index in [1.807, 2.05) is 35.7 Å². The van der Waals surface area contributed by atoms with Crippen molar-refractivity contribution in [2.75, 3.05) is 18.5 Å². The van der Waals surface area contributed by atoms with Crippen molar-refractivity contribution in [2.24, 2.45) is 0 Å². The average Bonchev–Trinajstić information content (AvgIpc) is 3.50. The summed E-state index contributed by atoms with van der Waals surface area (Å²) in [4.78, 5) is 18.8. The zero-order valence-corrected chi connectivity index (χ0v) is 20.7. The number of hydrogen-bond donors (Lipinski definition) is 1. The Balaban J connectivity index is 1.28. The number of anilines is 1. The molecular weight excluding hydrogens is 476 g/mol. The van der Waals surface area contributed by atoms with E-state index in [-0.39, 0.29) is 5.91 Å². The molecule has 0 atom stereocenters. The minimum Gasteiger partial charge on any atom is -0.486 e. The molecule has 6 rings (SSSR count). The number of amides is 1. The third kappa shape index (κ3) is 4.40. The fraction of sp³-hybridized carbons (Fsp3) is 0.143. The minimum atomic E-state index is -0.128. The van der Waals surface area contributed by atoms with Gasteiger partial charge in [-0.2, -0.15) is 0 Å². The van der Waals surface area contributed by atoms with E-state index in [1.165, 1.54) is 33.8 Å². The number of carbonyl (C=O) groups excluding carboxylic acids is 1. The molecule has 0 unspecified atom stereocenters. The summed E-state index contributed by atoms with van der Waals surface area (Å²) in [5.74, 6) is 1.34. The van der Waals surface area contributed by atoms with E-state index >= 15 is 0 Å². The Labute approximate surface area is 211 Å². The van der Waals surface area contributed by atoms with Gasteiger partial charge in [0, 0.05) is 15.6 Å². The van der Waals surface area contributed by atoms with Crippen LogP contribution in [-0.4, -0.2) is 24.1 Å². The lowest BCUT2D eigenvalue weighted by Crippen LogP contribution is -2.15. The van der Waals surface area contributed by atoms with Crippen molar-refractivity contribution in [2.45, 2.75) is 13.3 Å². The van der Waals surface area contributed by atoms with E-state index in [9.17, 15) is 4.79 Å². The molecule has 0 bridgehead atoms. The maximum absolute atomic E-state index is 13.4. The Bertz CT molecular complexity index is 1540.